The van der Waals surface area contributed by atoms with E-state index in [9.17, 15) is 13.9 Å². The molecule has 0 amide bonds. The van der Waals surface area contributed by atoms with Gasteiger partial charge in [0.25, 0.3) is 0 Å². The number of benzene rings is 1. The van der Waals surface area contributed by atoms with Gasteiger partial charge in [-0.15, -0.1) is 0 Å². The van der Waals surface area contributed by atoms with E-state index in [-0.39, 0.29) is 11.5 Å². The van der Waals surface area contributed by atoms with Gasteiger partial charge in [-0.2, -0.15) is 0 Å². The molecule has 0 aromatic heterocycles. The Morgan fingerprint density at radius 3 is 2.56 bits per heavy atom. The van der Waals surface area contributed by atoms with Gasteiger partial charge in [-0.05, 0) is 24.8 Å². The molecule has 0 saturated heterocycles. The van der Waals surface area contributed by atoms with Crippen LogP contribution in [0.2, 0.25) is 0 Å². The van der Waals surface area contributed by atoms with Gasteiger partial charge in [-0.25, -0.2) is 8.78 Å². The number of methoxy groups -OCH3 is 1. The van der Waals surface area contributed by atoms with Crippen LogP contribution in [0.25, 0.3) is 0 Å². The van der Waals surface area contributed by atoms with Crippen LogP contribution in [-0.2, 0) is 4.74 Å². The number of aliphatic hydroxyl groups is 1. The second-order valence-corrected chi connectivity index (χ2v) is 4.15. The quantitative estimate of drug-likeness (QED) is 0.857. The van der Waals surface area contributed by atoms with Crippen molar-refractivity contribution in [2.24, 2.45) is 5.92 Å². The molecule has 4 heteroatoms. The van der Waals surface area contributed by atoms with E-state index in [0.29, 0.717) is 0 Å². The normalized spacial score (nSPS) is 19.5. The first kappa shape index (κ1) is 11.5. The third kappa shape index (κ3) is 2.23. The Balaban J connectivity index is 2.21. The Bertz CT molecular complexity index is 377. The number of aliphatic hydroxyl groups excluding tert-OH is 1. The molecule has 2 atom stereocenters. The molecule has 88 valence electrons. The summed E-state index contributed by atoms with van der Waals surface area (Å²) in [6.45, 7) is 0. The number of hydrogen-bond acceptors (Lipinski definition) is 2. The summed E-state index contributed by atoms with van der Waals surface area (Å²) in [5, 5.41) is 9.97. The molecule has 1 fully saturated rings. The van der Waals surface area contributed by atoms with E-state index in [1.54, 1.807) is 0 Å². The first-order chi connectivity index (χ1) is 7.63. The molecule has 0 aliphatic heterocycles. The van der Waals surface area contributed by atoms with Crippen LogP contribution in [0, 0.1) is 17.6 Å². The van der Waals surface area contributed by atoms with Gasteiger partial charge in [0.15, 0.2) is 0 Å². The number of hydrogen-bond donors (Lipinski definition) is 1. The second-order valence-electron chi connectivity index (χ2n) is 4.15. The van der Waals surface area contributed by atoms with Crippen molar-refractivity contribution in [3.63, 3.8) is 0 Å². The van der Waals surface area contributed by atoms with Crippen molar-refractivity contribution >= 4 is 0 Å². The predicted octanol–water partition coefficient (Wildman–Crippen LogP) is 2.42. The van der Waals surface area contributed by atoms with Gasteiger partial charge in [-0.1, -0.05) is 6.07 Å². The smallest absolute Gasteiger partial charge is 0.132 e. The molecule has 0 bridgehead atoms. The van der Waals surface area contributed by atoms with E-state index in [1.807, 2.05) is 0 Å². The van der Waals surface area contributed by atoms with E-state index in [1.165, 1.54) is 13.2 Å². The molecule has 16 heavy (non-hydrogen) atoms. The van der Waals surface area contributed by atoms with Crippen LogP contribution in [0.4, 0.5) is 8.78 Å². The monoisotopic (exact) mass is 228 g/mol. The lowest BCUT2D eigenvalue weighted by atomic mass is 10.0. The number of rotatable bonds is 4. The van der Waals surface area contributed by atoms with Gasteiger partial charge >= 0.3 is 0 Å². The molecule has 2 nitrogen and oxygen atoms in total. The highest BCUT2D eigenvalue weighted by molar-refractivity contribution is 5.22. The third-order valence-corrected chi connectivity index (χ3v) is 2.95. The highest BCUT2D eigenvalue weighted by Gasteiger charge is 2.37. The summed E-state index contributed by atoms with van der Waals surface area (Å²) in [6, 6.07) is 3.18. The zero-order valence-corrected chi connectivity index (χ0v) is 8.99. The van der Waals surface area contributed by atoms with Crippen molar-refractivity contribution in [3.05, 3.63) is 35.4 Å². The molecular weight excluding hydrogens is 214 g/mol. The average Bonchev–Trinajstić information content (AvgIpc) is 3.02. The Morgan fingerprint density at radius 2 is 2.06 bits per heavy atom. The van der Waals surface area contributed by atoms with E-state index >= 15 is 0 Å². The van der Waals surface area contributed by atoms with Gasteiger partial charge in [-0.3, -0.25) is 0 Å². The van der Waals surface area contributed by atoms with Gasteiger partial charge in [0.1, 0.15) is 17.7 Å². The summed E-state index contributed by atoms with van der Waals surface area (Å²) in [4.78, 5) is 0. The molecule has 1 aliphatic rings. The standard InChI is InChI=1S/C12H14F2O2/c1-16-12(7-2-3-7)11(15)9-5-4-8(13)6-10(9)14/h4-7,11-12,15H,2-3H2,1H3. The van der Waals surface area contributed by atoms with Crippen molar-refractivity contribution in [1.82, 2.24) is 0 Å². The highest BCUT2D eigenvalue weighted by atomic mass is 19.1. The molecule has 1 aromatic carbocycles. The Hall–Kier alpha value is -1.00. The second kappa shape index (κ2) is 4.47. The van der Waals surface area contributed by atoms with E-state index in [2.05, 4.69) is 0 Å². The first-order valence-corrected chi connectivity index (χ1v) is 5.29. The lowest BCUT2D eigenvalue weighted by Gasteiger charge is -2.21. The van der Waals surface area contributed by atoms with Crippen LogP contribution in [0.1, 0.15) is 24.5 Å². The van der Waals surface area contributed by atoms with Crippen molar-refractivity contribution < 1.29 is 18.6 Å². The number of halogens is 2. The zero-order valence-electron chi connectivity index (χ0n) is 8.99. The maximum absolute atomic E-state index is 13.4. The predicted molar refractivity (Wildman–Crippen MR) is 54.8 cm³/mol. The van der Waals surface area contributed by atoms with Crippen LogP contribution in [0.15, 0.2) is 18.2 Å². The van der Waals surface area contributed by atoms with E-state index in [4.69, 9.17) is 4.74 Å². The summed E-state index contributed by atoms with van der Waals surface area (Å²) in [7, 11) is 1.49. The summed E-state index contributed by atoms with van der Waals surface area (Å²) in [5.41, 5.74) is 0.0974. The van der Waals surface area contributed by atoms with Crippen molar-refractivity contribution in [2.45, 2.75) is 25.0 Å². The highest BCUT2D eigenvalue weighted by Crippen LogP contribution is 2.40. The van der Waals surface area contributed by atoms with E-state index in [0.717, 1.165) is 25.0 Å². The van der Waals surface area contributed by atoms with Crippen LogP contribution in [0.5, 0.6) is 0 Å². The fourth-order valence-electron chi connectivity index (χ4n) is 1.92. The van der Waals surface area contributed by atoms with Crippen molar-refractivity contribution in [3.8, 4) is 0 Å². The van der Waals surface area contributed by atoms with E-state index < -0.39 is 23.8 Å². The summed E-state index contributed by atoms with van der Waals surface area (Å²) < 4.78 is 31.3. The number of ether oxygens (including phenoxy) is 1. The lowest BCUT2D eigenvalue weighted by Crippen LogP contribution is -2.23. The molecule has 1 N–H and O–H groups in total. The van der Waals surface area contributed by atoms with Crippen LogP contribution in [-0.4, -0.2) is 18.3 Å². The lowest BCUT2D eigenvalue weighted by molar-refractivity contribution is -0.0274. The fraction of sp³-hybridized carbons (Fsp3) is 0.500. The SMILES string of the molecule is COC(C1CC1)C(O)c1ccc(F)cc1F. The Labute approximate surface area is 92.9 Å². The van der Waals surface area contributed by atoms with Gasteiger partial charge in [0, 0.05) is 18.7 Å². The van der Waals surface area contributed by atoms with Crippen molar-refractivity contribution in [1.29, 1.82) is 0 Å². The molecule has 2 rings (SSSR count). The van der Waals surface area contributed by atoms with Crippen LogP contribution in [0.3, 0.4) is 0 Å². The molecule has 0 spiro atoms. The minimum atomic E-state index is -1.03. The molecule has 2 unspecified atom stereocenters. The Kier molecular flexibility index (Phi) is 3.21. The fourth-order valence-corrected chi connectivity index (χ4v) is 1.92. The summed E-state index contributed by atoms with van der Waals surface area (Å²) in [6.07, 6.45) is 0.537. The third-order valence-electron chi connectivity index (χ3n) is 2.95. The molecule has 0 radical (unpaired) electrons. The molecule has 0 heterocycles. The molecule has 1 aromatic rings. The summed E-state index contributed by atoms with van der Waals surface area (Å²) >= 11 is 0. The van der Waals surface area contributed by atoms with Gasteiger partial charge in [0.05, 0.1) is 6.10 Å². The Morgan fingerprint density at radius 1 is 1.38 bits per heavy atom. The topological polar surface area (TPSA) is 29.5 Å². The zero-order chi connectivity index (χ0) is 11.7. The first-order valence-electron chi connectivity index (χ1n) is 5.29. The van der Waals surface area contributed by atoms with Gasteiger partial charge < -0.3 is 9.84 Å². The minimum Gasteiger partial charge on any atom is -0.386 e. The largest absolute Gasteiger partial charge is 0.386 e. The average molecular weight is 228 g/mol. The molecule has 1 aliphatic carbocycles. The van der Waals surface area contributed by atoms with Crippen LogP contribution >= 0.6 is 0 Å². The molecular formula is C12H14F2O2. The van der Waals surface area contributed by atoms with Gasteiger partial charge in [0.2, 0.25) is 0 Å². The van der Waals surface area contributed by atoms with Crippen molar-refractivity contribution in [2.75, 3.05) is 7.11 Å². The summed E-state index contributed by atoms with van der Waals surface area (Å²) in [5.74, 6) is -1.09. The maximum Gasteiger partial charge on any atom is 0.132 e. The van der Waals surface area contributed by atoms with Crippen LogP contribution < -0.4 is 0 Å². The molecule has 1 saturated carbocycles. The minimum absolute atomic E-state index is 0.0974. The maximum atomic E-state index is 13.4.